The molecule has 1 aliphatic heterocycles. The van der Waals surface area contributed by atoms with Crippen LogP contribution >= 0.6 is 0 Å². The van der Waals surface area contributed by atoms with Gasteiger partial charge in [-0.1, -0.05) is 0 Å². The number of aromatic nitrogens is 1. The first kappa shape index (κ1) is 18.0. The van der Waals surface area contributed by atoms with Crippen LogP contribution in [0.3, 0.4) is 0 Å². The van der Waals surface area contributed by atoms with Crippen molar-refractivity contribution in [1.82, 2.24) is 20.5 Å². The molecule has 0 unspecified atom stereocenters. The third-order valence-corrected chi connectivity index (χ3v) is 3.74. The highest BCUT2D eigenvalue weighted by molar-refractivity contribution is 5.81. The van der Waals surface area contributed by atoms with E-state index in [9.17, 15) is 22.8 Å². The Balaban J connectivity index is 1.73. The molecule has 132 valence electrons. The summed E-state index contributed by atoms with van der Waals surface area (Å²) in [4.78, 5) is 28.0. The first-order chi connectivity index (χ1) is 11.2. The lowest BCUT2D eigenvalue weighted by Gasteiger charge is -2.18. The number of aryl methyl sites for hydroxylation is 1. The molecule has 2 heterocycles. The Labute approximate surface area is 137 Å². The summed E-state index contributed by atoms with van der Waals surface area (Å²) < 4.78 is 37.0. The predicted molar refractivity (Wildman–Crippen MR) is 80.3 cm³/mol. The number of pyridine rings is 1. The summed E-state index contributed by atoms with van der Waals surface area (Å²) in [5.74, 6) is -0.606. The molecule has 1 atom stereocenters. The van der Waals surface area contributed by atoms with Gasteiger partial charge in [0.05, 0.1) is 6.04 Å². The van der Waals surface area contributed by atoms with Crippen LogP contribution in [0, 0.1) is 6.92 Å². The van der Waals surface area contributed by atoms with Gasteiger partial charge in [-0.2, -0.15) is 13.2 Å². The standard InChI is InChI=1S/C15H19F3N4O2/c1-10-7-19-4-2-11(10)3-5-20-14(24)21-12-6-13(23)22(8-12)9-15(16,17)18/h2,4,7,12H,3,5-6,8-9H2,1H3,(H2,20,21,24)/t12-/m1/s1. The van der Waals surface area contributed by atoms with E-state index >= 15 is 0 Å². The lowest BCUT2D eigenvalue weighted by molar-refractivity contribution is -0.157. The second kappa shape index (κ2) is 7.50. The molecule has 1 aliphatic rings. The number of alkyl halides is 3. The Hall–Kier alpha value is -2.32. The van der Waals surface area contributed by atoms with Crippen molar-refractivity contribution in [1.29, 1.82) is 0 Å². The number of urea groups is 1. The summed E-state index contributed by atoms with van der Waals surface area (Å²) in [7, 11) is 0. The molecule has 2 N–H and O–H groups in total. The van der Waals surface area contributed by atoms with Gasteiger partial charge in [0.1, 0.15) is 6.54 Å². The lowest BCUT2D eigenvalue weighted by Crippen LogP contribution is -2.44. The second-order valence-corrected chi connectivity index (χ2v) is 5.74. The number of rotatable bonds is 5. The molecule has 24 heavy (non-hydrogen) atoms. The van der Waals surface area contributed by atoms with E-state index in [0.717, 1.165) is 11.1 Å². The molecule has 0 bridgehead atoms. The predicted octanol–water partition coefficient (Wildman–Crippen LogP) is 1.39. The van der Waals surface area contributed by atoms with Crippen molar-refractivity contribution in [3.8, 4) is 0 Å². The lowest BCUT2D eigenvalue weighted by atomic mass is 10.1. The Kier molecular flexibility index (Phi) is 5.63. The van der Waals surface area contributed by atoms with E-state index < -0.39 is 30.7 Å². The van der Waals surface area contributed by atoms with Crippen molar-refractivity contribution in [2.75, 3.05) is 19.6 Å². The molecule has 1 aromatic heterocycles. The molecule has 1 aromatic rings. The van der Waals surface area contributed by atoms with Gasteiger partial charge in [0, 0.05) is 31.9 Å². The molecule has 6 nitrogen and oxygen atoms in total. The minimum Gasteiger partial charge on any atom is -0.338 e. The van der Waals surface area contributed by atoms with Crippen LogP contribution in [-0.2, 0) is 11.2 Å². The number of amides is 3. The van der Waals surface area contributed by atoms with Crippen LogP contribution in [0.4, 0.5) is 18.0 Å². The molecule has 3 amide bonds. The molecule has 2 rings (SSSR count). The number of nitrogens with one attached hydrogen (secondary N) is 2. The number of hydrogen-bond donors (Lipinski definition) is 2. The first-order valence-corrected chi connectivity index (χ1v) is 7.53. The summed E-state index contributed by atoms with van der Waals surface area (Å²) in [6.45, 7) is 0.883. The quantitative estimate of drug-likeness (QED) is 0.848. The third-order valence-electron chi connectivity index (χ3n) is 3.74. The molecule has 1 fully saturated rings. The first-order valence-electron chi connectivity index (χ1n) is 7.53. The van der Waals surface area contributed by atoms with E-state index in [0.29, 0.717) is 17.9 Å². The van der Waals surface area contributed by atoms with E-state index in [1.807, 2.05) is 13.0 Å². The van der Waals surface area contributed by atoms with Crippen LogP contribution in [0.15, 0.2) is 18.5 Å². The monoisotopic (exact) mass is 344 g/mol. The number of nitrogens with zero attached hydrogens (tertiary/aromatic N) is 2. The van der Waals surface area contributed by atoms with Crippen LogP contribution in [0.1, 0.15) is 17.5 Å². The Bertz CT molecular complexity index is 607. The molecular formula is C15H19F3N4O2. The summed E-state index contributed by atoms with van der Waals surface area (Å²) >= 11 is 0. The maximum atomic E-state index is 12.3. The number of hydrogen-bond acceptors (Lipinski definition) is 3. The number of carbonyl (C=O) groups excluding carboxylic acids is 2. The van der Waals surface area contributed by atoms with Crippen molar-refractivity contribution >= 4 is 11.9 Å². The SMILES string of the molecule is Cc1cnccc1CCNC(=O)N[C@@H]1CC(=O)N(CC(F)(F)F)C1. The molecule has 1 saturated heterocycles. The van der Waals surface area contributed by atoms with Crippen LogP contribution in [-0.4, -0.2) is 53.7 Å². The fraction of sp³-hybridized carbons (Fsp3) is 0.533. The van der Waals surface area contributed by atoms with Crippen molar-refractivity contribution in [3.05, 3.63) is 29.6 Å². The van der Waals surface area contributed by atoms with Gasteiger partial charge in [-0.05, 0) is 30.5 Å². The molecule has 0 aliphatic carbocycles. The van der Waals surface area contributed by atoms with Gasteiger partial charge in [0.25, 0.3) is 0 Å². The molecule has 0 spiro atoms. The van der Waals surface area contributed by atoms with Crippen LogP contribution in [0.2, 0.25) is 0 Å². The van der Waals surface area contributed by atoms with Crippen molar-refractivity contribution < 1.29 is 22.8 Å². The smallest absolute Gasteiger partial charge is 0.338 e. The van der Waals surface area contributed by atoms with Gasteiger partial charge in [-0.15, -0.1) is 0 Å². The van der Waals surface area contributed by atoms with E-state index in [1.165, 1.54) is 0 Å². The molecule has 0 saturated carbocycles. The zero-order valence-electron chi connectivity index (χ0n) is 13.2. The van der Waals surface area contributed by atoms with Crippen LogP contribution in [0.25, 0.3) is 0 Å². The molecule has 0 radical (unpaired) electrons. The highest BCUT2D eigenvalue weighted by Gasteiger charge is 2.38. The Morgan fingerprint density at radius 1 is 1.46 bits per heavy atom. The van der Waals surface area contributed by atoms with E-state index in [2.05, 4.69) is 15.6 Å². The topological polar surface area (TPSA) is 74.3 Å². The second-order valence-electron chi connectivity index (χ2n) is 5.74. The average molecular weight is 344 g/mol. The number of likely N-dealkylation sites (tertiary alicyclic amines) is 1. The van der Waals surface area contributed by atoms with E-state index in [1.54, 1.807) is 12.4 Å². The largest absolute Gasteiger partial charge is 0.406 e. The maximum absolute atomic E-state index is 12.3. The Morgan fingerprint density at radius 2 is 2.21 bits per heavy atom. The van der Waals surface area contributed by atoms with Crippen LogP contribution < -0.4 is 10.6 Å². The highest BCUT2D eigenvalue weighted by Crippen LogP contribution is 2.20. The van der Waals surface area contributed by atoms with Gasteiger partial charge < -0.3 is 15.5 Å². The fourth-order valence-electron chi connectivity index (χ4n) is 2.57. The van der Waals surface area contributed by atoms with Crippen molar-refractivity contribution in [3.63, 3.8) is 0 Å². The number of halogens is 3. The average Bonchev–Trinajstić information content (AvgIpc) is 2.78. The zero-order chi connectivity index (χ0) is 17.7. The van der Waals surface area contributed by atoms with Crippen molar-refractivity contribution in [2.24, 2.45) is 0 Å². The summed E-state index contributed by atoms with van der Waals surface area (Å²) in [5, 5.41) is 5.17. The van der Waals surface area contributed by atoms with E-state index in [4.69, 9.17) is 0 Å². The molecule has 0 aromatic carbocycles. The highest BCUT2D eigenvalue weighted by atomic mass is 19.4. The maximum Gasteiger partial charge on any atom is 0.406 e. The van der Waals surface area contributed by atoms with Gasteiger partial charge in [0.15, 0.2) is 0 Å². The minimum absolute atomic E-state index is 0.118. The minimum atomic E-state index is -4.44. The van der Waals surface area contributed by atoms with Gasteiger partial charge in [-0.25, -0.2) is 4.79 Å². The third kappa shape index (κ3) is 5.39. The summed E-state index contributed by atoms with van der Waals surface area (Å²) in [5.41, 5.74) is 2.07. The molecular weight excluding hydrogens is 325 g/mol. The van der Waals surface area contributed by atoms with Gasteiger partial charge in [0.2, 0.25) is 5.91 Å². The summed E-state index contributed by atoms with van der Waals surface area (Å²) in [6.07, 6.45) is -0.537. The zero-order valence-corrected chi connectivity index (χ0v) is 13.2. The van der Waals surface area contributed by atoms with Gasteiger partial charge in [-0.3, -0.25) is 9.78 Å². The van der Waals surface area contributed by atoms with Crippen LogP contribution in [0.5, 0.6) is 0 Å². The molecule has 9 heteroatoms. The summed E-state index contributed by atoms with van der Waals surface area (Å²) in [6, 6.07) is 0.760. The normalized spacial score (nSPS) is 17.9. The van der Waals surface area contributed by atoms with E-state index in [-0.39, 0.29) is 13.0 Å². The number of carbonyl (C=O) groups is 2. The fourth-order valence-corrected chi connectivity index (χ4v) is 2.57. The Morgan fingerprint density at radius 3 is 2.88 bits per heavy atom. The van der Waals surface area contributed by atoms with Gasteiger partial charge >= 0.3 is 12.2 Å². The van der Waals surface area contributed by atoms with Crippen molar-refractivity contribution in [2.45, 2.75) is 32.0 Å².